The van der Waals surface area contributed by atoms with Crippen LogP contribution in [0.3, 0.4) is 0 Å². The Balaban J connectivity index is 1.74. The van der Waals surface area contributed by atoms with E-state index in [2.05, 4.69) is 15.5 Å². The Labute approximate surface area is 164 Å². The zero-order valence-corrected chi connectivity index (χ0v) is 15.2. The Hall–Kier alpha value is -3.25. The van der Waals surface area contributed by atoms with E-state index >= 15 is 0 Å². The van der Waals surface area contributed by atoms with Gasteiger partial charge >= 0.3 is 0 Å². The molecule has 0 bridgehead atoms. The minimum Gasteiger partial charge on any atom is -0.418 e. The predicted octanol–water partition coefficient (Wildman–Crippen LogP) is 5.87. The van der Waals surface area contributed by atoms with Crippen LogP contribution in [0.1, 0.15) is 17.5 Å². The summed E-state index contributed by atoms with van der Waals surface area (Å²) < 4.78 is 32.6. The van der Waals surface area contributed by atoms with Gasteiger partial charge in [0.1, 0.15) is 17.7 Å². The van der Waals surface area contributed by atoms with Crippen molar-refractivity contribution in [2.75, 3.05) is 5.32 Å². The van der Waals surface area contributed by atoms with Gasteiger partial charge in [-0.1, -0.05) is 35.9 Å². The summed E-state index contributed by atoms with van der Waals surface area (Å²) in [5.41, 5.74) is 1.94. The Bertz CT molecular complexity index is 1080. The normalized spacial score (nSPS) is 12.0. The summed E-state index contributed by atoms with van der Waals surface area (Å²) >= 11 is 6.26. The third-order valence-corrected chi connectivity index (χ3v) is 4.46. The van der Waals surface area contributed by atoms with Gasteiger partial charge in [0.25, 0.3) is 0 Å². The molecule has 0 saturated heterocycles. The average Bonchev–Trinajstić information content (AvgIpc) is 3.19. The van der Waals surface area contributed by atoms with Crippen LogP contribution in [0, 0.1) is 11.6 Å². The summed E-state index contributed by atoms with van der Waals surface area (Å²) in [5, 5.41) is 11.6. The summed E-state index contributed by atoms with van der Waals surface area (Å²) in [7, 11) is 0. The lowest BCUT2D eigenvalue weighted by molar-refractivity contribution is 0.494. The average molecular weight is 398 g/mol. The molecule has 0 aliphatic heterocycles. The molecule has 0 aliphatic carbocycles. The highest BCUT2D eigenvalue weighted by atomic mass is 35.5. The summed E-state index contributed by atoms with van der Waals surface area (Å²) in [6.07, 6.45) is 0. The Kier molecular flexibility index (Phi) is 5.04. The van der Waals surface area contributed by atoms with Crippen molar-refractivity contribution in [3.05, 3.63) is 101 Å². The molecule has 28 heavy (non-hydrogen) atoms. The van der Waals surface area contributed by atoms with E-state index in [-0.39, 0.29) is 16.7 Å². The van der Waals surface area contributed by atoms with Crippen LogP contribution >= 0.6 is 11.6 Å². The molecule has 0 saturated carbocycles. The third kappa shape index (κ3) is 3.87. The number of benzene rings is 3. The molecule has 1 atom stereocenters. The van der Waals surface area contributed by atoms with Crippen LogP contribution in [-0.4, -0.2) is 10.2 Å². The molecule has 0 aliphatic rings. The van der Waals surface area contributed by atoms with Crippen LogP contribution in [0.25, 0.3) is 11.5 Å². The molecular formula is C21H14ClF2N3O. The van der Waals surface area contributed by atoms with Gasteiger partial charge in [-0.2, -0.15) is 0 Å². The van der Waals surface area contributed by atoms with Gasteiger partial charge in [0.2, 0.25) is 11.8 Å². The first kappa shape index (κ1) is 18.1. The topological polar surface area (TPSA) is 51.0 Å². The first-order valence-corrected chi connectivity index (χ1v) is 8.84. The first-order valence-electron chi connectivity index (χ1n) is 8.46. The first-order chi connectivity index (χ1) is 13.6. The smallest absolute Gasteiger partial charge is 0.247 e. The number of aromatic nitrogens is 2. The molecule has 1 heterocycles. The SMILES string of the molecule is Fc1ccc(NC(c2nnc(-c3ccccc3)o2)c2ccc(F)cc2Cl)cc1. The highest BCUT2D eigenvalue weighted by molar-refractivity contribution is 6.31. The minimum atomic E-state index is -0.650. The number of nitrogens with zero attached hydrogens (tertiary/aromatic N) is 2. The van der Waals surface area contributed by atoms with Crippen LogP contribution in [0.4, 0.5) is 14.5 Å². The maximum Gasteiger partial charge on any atom is 0.247 e. The van der Waals surface area contributed by atoms with Gasteiger partial charge in [-0.15, -0.1) is 10.2 Å². The number of rotatable bonds is 5. The van der Waals surface area contributed by atoms with E-state index in [0.29, 0.717) is 17.1 Å². The number of nitrogens with one attached hydrogen (secondary N) is 1. The molecule has 4 rings (SSSR count). The summed E-state index contributed by atoms with van der Waals surface area (Å²) in [6.45, 7) is 0. The van der Waals surface area contributed by atoms with E-state index in [4.69, 9.17) is 16.0 Å². The van der Waals surface area contributed by atoms with Crippen molar-refractivity contribution in [2.24, 2.45) is 0 Å². The molecule has 4 nitrogen and oxygen atoms in total. The number of hydrogen-bond donors (Lipinski definition) is 1. The van der Waals surface area contributed by atoms with Crippen molar-refractivity contribution in [2.45, 2.75) is 6.04 Å². The van der Waals surface area contributed by atoms with E-state index in [9.17, 15) is 8.78 Å². The van der Waals surface area contributed by atoms with Crippen molar-refractivity contribution in [3.8, 4) is 11.5 Å². The second-order valence-corrected chi connectivity index (χ2v) is 6.47. The van der Waals surface area contributed by atoms with Crippen molar-refractivity contribution >= 4 is 17.3 Å². The van der Waals surface area contributed by atoms with Crippen molar-refractivity contribution < 1.29 is 13.2 Å². The van der Waals surface area contributed by atoms with Gasteiger partial charge in [0, 0.05) is 21.8 Å². The maximum absolute atomic E-state index is 13.5. The van der Waals surface area contributed by atoms with E-state index in [1.165, 1.54) is 24.3 Å². The van der Waals surface area contributed by atoms with Crippen molar-refractivity contribution in [1.29, 1.82) is 0 Å². The fourth-order valence-electron chi connectivity index (χ4n) is 2.77. The predicted molar refractivity (Wildman–Crippen MR) is 103 cm³/mol. The molecule has 0 spiro atoms. The fourth-order valence-corrected chi connectivity index (χ4v) is 3.05. The van der Waals surface area contributed by atoms with Gasteiger partial charge in [-0.05, 0) is 48.5 Å². The highest BCUT2D eigenvalue weighted by Crippen LogP contribution is 2.32. The summed E-state index contributed by atoms with van der Waals surface area (Å²) in [5.74, 6) is -0.215. The highest BCUT2D eigenvalue weighted by Gasteiger charge is 2.24. The van der Waals surface area contributed by atoms with E-state index in [1.54, 1.807) is 18.2 Å². The van der Waals surface area contributed by atoms with Crippen LogP contribution in [-0.2, 0) is 0 Å². The van der Waals surface area contributed by atoms with Crippen LogP contribution < -0.4 is 5.32 Å². The van der Waals surface area contributed by atoms with Gasteiger partial charge < -0.3 is 9.73 Å². The molecule has 0 radical (unpaired) electrons. The molecule has 7 heteroatoms. The Morgan fingerprint density at radius 3 is 2.29 bits per heavy atom. The quantitative estimate of drug-likeness (QED) is 0.457. The lowest BCUT2D eigenvalue weighted by Gasteiger charge is -2.18. The van der Waals surface area contributed by atoms with Crippen LogP contribution in [0.15, 0.2) is 77.2 Å². The standard InChI is InChI=1S/C21H14ClF2N3O/c22-18-12-15(24)8-11-17(18)19(25-16-9-6-14(23)7-10-16)21-27-26-20(28-21)13-4-2-1-3-5-13/h1-12,19,25H. The van der Waals surface area contributed by atoms with Crippen molar-refractivity contribution in [3.63, 3.8) is 0 Å². The van der Waals surface area contributed by atoms with E-state index in [1.807, 2.05) is 30.3 Å². The monoisotopic (exact) mass is 397 g/mol. The van der Waals surface area contributed by atoms with Gasteiger partial charge in [-0.3, -0.25) is 0 Å². The second-order valence-electron chi connectivity index (χ2n) is 6.06. The third-order valence-electron chi connectivity index (χ3n) is 4.14. The second kappa shape index (κ2) is 7.78. The Morgan fingerprint density at radius 2 is 1.57 bits per heavy atom. The summed E-state index contributed by atoms with van der Waals surface area (Å²) in [4.78, 5) is 0. The molecule has 1 unspecified atom stereocenters. The largest absolute Gasteiger partial charge is 0.418 e. The molecule has 3 aromatic carbocycles. The zero-order valence-electron chi connectivity index (χ0n) is 14.4. The van der Waals surface area contributed by atoms with E-state index in [0.717, 1.165) is 5.56 Å². The van der Waals surface area contributed by atoms with Gasteiger partial charge in [0.05, 0.1) is 0 Å². The number of hydrogen-bond acceptors (Lipinski definition) is 4. The van der Waals surface area contributed by atoms with E-state index < -0.39 is 11.9 Å². The lowest BCUT2D eigenvalue weighted by Crippen LogP contribution is -2.13. The van der Waals surface area contributed by atoms with Crippen LogP contribution in [0.2, 0.25) is 5.02 Å². The molecular weight excluding hydrogens is 384 g/mol. The molecule has 0 fully saturated rings. The maximum atomic E-state index is 13.5. The molecule has 140 valence electrons. The van der Waals surface area contributed by atoms with Gasteiger partial charge in [-0.25, -0.2) is 8.78 Å². The van der Waals surface area contributed by atoms with Gasteiger partial charge in [0.15, 0.2) is 0 Å². The molecule has 1 aromatic heterocycles. The minimum absolute atomic E-state index is 0.207. The van der Waals surface area contributed by atoms with Crippen LogP contribution in [0.5, 0.6) is 0 Å². The molecule has 4 aromatic rings. The number of halogens is 3. The zero-order chi connectivity index (χ0) is 19.5. The number of anilines is 1. The summed E-state index contributed by atoms with van der Waals surface area (Å²) in [6, 6.07) is 18.5. The molecule has 0 amide bonds. The molecule has 1 N–H and O–H groups in total. The fraction of sp³-hybridized carbons (Fsp3) is 0.0476. The van der Waals surface area contributed by atoms with Crippen molar-refractivity contribution in [1.82, 2.24) is 10.2 Å². The lowest BCUT2D eigenvalue weighted by atomic mass is 10.1. The Morgan fingerprint density at radius 1 is 0.857 bits per heavy atom.